The summed E-state index contributed by atoms with van der Waals surface area (Å²) in [6.45, 7) is 2.19. The monoisotopic (exact) mass is 461 g/mol. The van der Waals surface area contributed by atoms with Crippen molar-refractivity contribution in [2.75, 3.05) is 4.90 Å². The summed E-state index contributed by atoms with van der Waals surface area (Å²) < 4.78 is 0. The van der Waals surface area contributed by atoms with Gasteiger partial charge in [-0.15, -0.1) is 0 Å². The number of rotatable bonds is 3. The highest BCUT2D eigenvalue weighted by Crippen LogP contribution is 2.47. The summed E-state index contributed by atoms with van der Waals surface area (Å²) in [6.07, 6.45) is 2.14. The standard InChI is InChI=1S/C35H27N/c1-24-18-21-30-26(22-24)19-20-27-23-34(31-15-7-8-16-32(31)35(27)30)36(28-12-3-2-4-13-28)33-17-9-11-25-10-5-6-14-29(25)33/h2-18,21-23H,19-20H2,1H3. The maximum atomic E-state index is 2.45. The summed E-state index contributed by atoms with van der Waals surface area (Å²) in [5, 5.41) is 5.12. The molecule has 1 nitrogen and oxygen atoms in total. The van der Waals surface area contributed by atoms with Crippen LogP contribution in [-0.2, 0) is 12.8 Å². The predicted molar refractivity (Wildman–Crippen MR) is 154 cm³/mol. The third-order valence-electron chi connectivity index (χ3n) is 7.56. The van der Waals surface area contributed by atoms with Gasteiger partial charge < -0.3 is 4.90 Å². The van der Waals surface area contributed by atoms with Gasteiger partial charge in [0, 0.05) is 16.5 Å². The number of anilines is 3. The molecule has 1 aliphatic rings. The Balaban J connectivity index is 1.56. The molecule has 0 saturated heterocycles. The lowest BCUT2D eigenvalue weighted by molar-refractivity contribution is 0.942. The molecule has 0 saturated carbocycles. The Morgan fingerprint density at radius 1 is 0.528 bits per heavy atom. The molecule has 0 amide bonds. The summed E-state index contributed by atoms with van der Waals surface area (Å²) in [4.78, 5) is 2.45. The number of para-hydroxylation sites is 1. The van der Waals surface area contributed by atoms with E-state index >= 15 is 0 Å². The van der Waals surface area contributed by atoms with Gasteiger partial charge in [0.25, 0.3) is 0 Å². The maximum absolute atomic E-state index is 2.45. The first-order valence-electron chi connectivity index (χ1n) is 12.8. The second-order valence-electron chi connectivity index (χ2n) is 9.81. The van der Waals surface area contributed by atoms with Crippen LogP contribution in [0.5, 0.6) is 0 Å². The lowest BCUT2D eigenvalue weighted by atomic mass is 9.81. The lowest BCUT2D eigenvalue weighted by Crippen LogP contribution is -2.13. The molecule has 0 aliphatic heterocycles. The van der Waals surface area contributed by atoms with Crippen LogP contribution in [0.1, 0.15) is 16.7 Å². The highest BCUT2D eigenvalue weighted by Gasteiger charge is 2.24. The molecule has 172 valence electrons. The van der Waals surface area contributed by atoms with Crippen LogP contribution >= 0.6 is 0 Å². The van der Waals surface area contributed by atoms with Crippen LogP contribution in [0.25, 0.3) is 32.7 Å². The first-order valence-corrected chi connectivity index (χ1v) is 12.8. The summed E-state index contributed by atoms with van der Waals surface area (Å²) >= 11 is 0. The van der Waals surface area contributed by atoms with Crippen LogP contribution in [0.2, 0.25) is 0 Å². The van der Waals surface area contributed by atoms with E-state index in [4.69, 9.17) is 0 Å². The molecule has 1 aliphatic carbocycles. The quantitative estimate of drug-likeness (QED) is 0.254. The van der Waals surface area contributed by atoms with Gasteiger partial charge in [0.05, 0.1) is 11.4 Å². The van der Waals surface area contributed by atoms with Gasteiger partial charge in [-0.3, -0.25) is 0 Å². The van der Waals surface area contributed by atoms with E-state index in [1.165, 1.54) is 66.4 Å². The van der Waals surface area contributed by atoms with Crippen molar-refractivity contribution in [3.8, 4) is 11.1 Å². The Morgan fingerprint density at radius 2 is 1.22 bits per heavy atom. The van der Waals surface area contributed by atoms with Gasteiger partial charge in [0.1, 0.15) is 0 Å². The van der Waals surface area contributed by atoms with Gasteiger partial charge in [0.15, 0.2) is 0 Å². The van der Waals surface area contributed by atoms with Gasteiger partial charge in [0.2, 0.25) is 0 Å². The molecule has 0 spiro atoms. The zero-order valence-corrected chi connectivity index (χ0v) is 20.4. The van der Waals surface area contributed by atoms with E-state index < -0.39 is 0 Å². The van der Waals surface area contributed by atoms with Gasteiger partial charge in [-0.1, -0.05) is 103 Å². The molecule has 0 radical (unpaired) electrons. The van der Waals surface area contributed by atoms with Crippen LogP contribution in [0, 0.1) is 6.92 Å². The molecule has 36 heavy (non-hydrogen) atoms. The van der Waals surface area contributed by atoms with Crippen LogP contribution in [0.4, 0.5) is 17.1 Å². The van der Waals surface area contributed by atoms with Crippen molar-refractivity contribution in [2.45, 2.75) is 19.8 Å². The number of fused-ring (bicyclic) bond motifs is 6. The molecule has 0 unspecified atom stereocenters. The highest BCUT2D eigenvalue weighted by atomic mass is 15.1. The molecule has 7 rings (SSSR count). The first-order chi connectivity index (χ1) is 17.8. The third-order valence-corrected chi connectivity index (χ3v) is 7.56. The molecule has 0 fully saturated rings. The van der Waals surface area contributed by atoms with E-state index in [1.807, 2.05) is 0 Å². The molecular weight excluding hydrogens is 434 g/mol. The number of nitrogens with zero attached hydrogens (tertiary/aromatic N) is 1. The fourth-order valence-corrected chi connectivity index (χ4v) is 5.94. The van der Waals surface area contributed by atoms with Crippen molar-refractivity contribution in [3.63, 3.8) is 0 Å². The van der Waals surface area contributed by atoms with Gasteiger partial charge in [-0.2, -0.15) is 0 Å². The van der Waals surface area contributed by atoms with Gasteiger partial charge in [-0.25, -0.2) is 0 Å². The Hall–Kier alpha value is -4.36. The molecule has 0 aromatic heterocycles. The molecule has 6 aromatic rings. The second-order valence-corrected chi connectivity index (χ2v) is 9.81. The van der Waals surface area contributed by atoms with Crippen molar-refractivity contribution in [1.29, 1.82) is 0 Å². The number of hydrogen-bond acceptors (Lipinski definition) is 1. The highest BCUT2D eigenvalue weighted by molar-refractivity contribution is 6.10. The SMILES string of the molecule is Cc1ccc2c(c1)CCc1cc(N(c3ccccc3)c3cccc4ccccc34)c3ccccc3c1-2. The number of aryl methyl sites for hydroxylation is 3. The van der Waals surface area contributed by atoms with Crippen molar-refractivity contribution in [1.82, 2.24) is 0 Å². The Morgan fingerprint density at radius 3 is 2.08 bits per heavy atom. The Bertz CT molecular complexity index is 1740. The van der Waals surface area contributed by atoms with E-state index in [1.54, 1.807) is 0 Å². The molecule has 0 N–H and O–H groups in total. The van der Waals surface area contributed by atoms with Crippen molar-refractivity contribution >= 4 is 38.6 Å². The summed E-state index contributed by atoms with van der Waals surface area (Å²) in [6, 6.07) is 44.4. The average Bonchev–Trinajstić information content (AvgIpc) is 2.93. The third kappa shape index (κ3) is 3.31. The van der Waals surface area contributed by atoms with Crippen LogP contribution in [0.3, 0.4) is 0 Å². The van der Waals surface area contributed by atoms with Gasteiger partial charge in [-0.05, 0) is 77.1 Å². The molecule has 0 heterocycles. The van der Waals surface area contributed by atoms with Crippen LogP contribution in [0.15, 0.2) is 121 Å². The van der Waals surface area contributed by atoms with E-state index in [9.17, 15) is 0 Å². The maximum Gasteiger partial charge on any atom is 0.0543 e. The summed E-state index contributed by atoms with van der Waals surface area (Å²) in [5.74, 6) is 0. The molecule has 0 bridgehead atoms. The van der Waals surface area contributed by atoms with Crippen molar-refractivity contribution in [3.05, 3.63) is 138 Å². The van der Waals surface area contributed by atoms with Crippen molar-refractivity contribution in [2.24, 2.45) is 0 Å². The Labute approximate surface area is 212 Å². The number of benzene rings is 6. The summed E-state index contributed by atoms with van der Waals surface area (Å²) in [7, 11) is 0. The second kappa shape index (κ2) is 8.39. The zero-order chi connectivity index (χ0) is 24.1. The van der Waals surface area contributed by atoms with Gasteiger partial charge >= 0.3 is 0 Å². The molecular formula is C35H27N. The summed E-state index contributed by atoms with van der Waals surface area (Å²) in [5.41, 5.74) is 10.6. The minimum absolute atomic E-state index is 1.06. The largest absolute Gasteiger partial charge is 0.309 e. The lowest BCUT2D eigenvalue weighted by Gasteiger charge is -2.31. The smallest absolute Gasteiger partial charge is 0.0543 e. The minimum atomic E-state index is 1.06. The topological polar surface area (TPSA) is 3.24 Å². The fraction of sp³-hybridized carbons (Fsp3) is 0.0857. The average molecular weight is 462 g/mol. The van der Waals surface area contributed by atoms with E-state index in [2.05, 4.69) is 133 Å². The first kappa shape index (κ1) is 21.0. The molecule has 1 heteroatoms. The predicted octanol–water partition coefficient (Wildman–Crippen LogP) is 9.54. The Kier molecular flexibility index (Phi) is 4.89. The minimum Gasteiger partial charge on any atom is -0.309 e. The van der Waals surface area contributed by atoms with E-state index in [0.717, 1.165) is 12.8 Å². The van der Waals surface area contributed by atoms with Crippen LogP contribution in [-0.4, -0.2) is 0 Å². The normalized spacial score (nSPS) is 12.4. The van der Waals surface area contributed by atoms with Crippen molar-refractivity contribution < 1.29 is 0 Å². The van der Waals surface area contributed by atoms with Crippen LogP contribution < -0.4 is 4.90 Å². The van der Waals surface area contributed by atoms with E-state index in [0.29, 0.717) is 0 Å². The number of hydrogen-bond donors (Lipinski definition) is 0. The van der Waals surface area contributed by atoms with E-state index in [-0.39, 0.29) is 0 Å². The fourth-order valence-electron chi connectivity index (χ4n) is 5.94. The molecule has 6 aromatic carbocycles. The zero-order valence-electron chi connectivity index (χ0n) is 20.4. The molecule has 0 atom stereocenters.